The van der Waals surface area contributed by atoms with Crippen molar-refractivity contribution in [3.8, 4) is 0 Å². The van der Waals surface area contributed by atoms with Gasteiger partial charge in [-0.3, -0.25) is 4.79 Å². The molecule has 0 fully saturated rings. The van der Waals surface area contributed by atoms with Crippen molar-refractivity contribution in [1.82, 2.24) is 4.90 Å². The first-order valence-corrected chi connectivity index (χ1v) is 6.45. The van der Waals surface area contributed by atoms with Crippen LogP contribution >= 0.6 is 0 Å². The minimum Gasteiger partial charge on any atom is -0.478 e. The first kappa shape index (κ1) is 13.3. The van der Waals surface area contributed by atoms with Crippen molar-refractivity contribution in [1.29, 1.82) is 0 Å². The number of carbonyl (C=O) groups excluding carboxylic acids is 1. The van der Waals surface area contributed by atoms with E-state index in [0.717, 1.165) is 11.6 Å². The number of rotatable bonds is 3. The second-order valence-corrected chi connectivity index (χ2v) is 4.93. The number of carboxylic acid groups (broad SMARTS) is 1. The van der Waals surface area contributed by atoms with Crippen molar-refractivity contribution >= 4 is 11.9 Å². The minimum absolute atomic E-state index is 0.00978. The summed E-state index contributed by atoms with van der Waals surface area (Å²) < 4.78 is 13.8. The molecule has 21 heavy (non-hydrogen) atoms. The summed E-state index contributed by atoms with van der Waals surface area (Å²) in [6, 6.07) is 10.8. The van der Waals surface area contributed by atoms with Gasteiger partial charge >= 0.3 is 5.97 Å². The minimum atomic E-state index is -1.12. The maximum Gasteiger partial charge on any atom is 0.335 e. The SMILES string of the molecule is O=C(O)c1ccc(F)c(CN2Cc3ccccc3C2=O)c1. The monoisotopic (exact) mass is 285 g/mol. The van der Waals surface area contributed by atoms with E-state index in [9.17, 15) is 14.0 Å². The smallest absolute Gasteiger partial charge is 0.335 e. The van der Waals surface area contributed by atoms with E-state index in [1.807, 2.05) is 12.1 Å². The molecule has 106 valence electrons. The fourth-order valence-corrected chi connectivity index (χ4v) is 2.48. The lowest BCUT2D eigenvalue weighted by atomic mass is 10.1. The summed E-state index contributed by atoms with van der Waals surface area (Å²) in [6.07, 6.45) is 0. The van der Waals surface area contributed by atoms with Gasteiger partial charge in [0, 0.05) is 24.2 Å². The van der Waals surface area contributed by atoms with Gasteiger partial charge in [0.1, 0.15) is 5.82 Å². The zero-order valence-corrected chi connectivity index (χ0v) is 11.0. The molecule has 1 aliphatic rings. The third kappa shape index (κ3) is 2.38. The van der Waals surface area contributed by atoms with E-state index in [0.29, 0.717) is 12.1 Å². The quantitative estimate of drug-likeness (QED) is 0.943. The van der Waals surface area contributed by atoms with E-state index >= 15 is 0 Å². The van der Waals surface area contributed by atoms with E-state index in [1.165, 1.54) is 17.0 Å². The number of fused-ring (bicyclic) bond motifs is 1. The molecule has 0 saturated carbocycles. The molecule has 1 aliphatic heterocycles. The average Bonchev–Trinajstić information content (AvgIpc) is 2.78. The van der Waals surface area contributed by atoms with Crippen LogP contribution < -0.4 is 0 Å². The lowest BCUT2D eigenvalue weighted by molar-refractivity contribution is 0.0696. The normalized spacial score (nSPS) is 13.4. The number of aromatic carboxylic acids is 1. The predicted octanol–water partition coefficient (Wildman–Crippen LogP) is 2.68. The molecule has 0 bridgehead atoms. The largest absolute Gasteiger partial charge is 0.478 e. The number of hydrogen-bond acceptors (Lipinski definition) is 2. The van der Waals surface area contributed by atoms with Gasteiger partial charge in [0.25, 0.3) is 5.91 Å². The molecule has 3 rings (SSSR count). The van der Waals surface area contributed by atoms with Gasteiger partial charge in [0.2, 0.25) is 0 Å². The topological polar surface area (TPSA) is 57.6 Å². The van der Waals surface area contributed by atoms with Gasteiger partial charge in [-0.1, -0.05) is 18.2 Å². The Morgan fingerprint density at radius 2 is 2.00 bits per heavy atom. The second-order valence-electron chi connectivity index (χ2n) is 4.93. The van der Waals surface area contributed by atoms with Crippen LogP contribution in [-0.4, -0.2) is 21.9 Å². The van der Waals surface area contributed by atoms with Gasteiger partial charge in [0.05, 0.1) is 5.56 Å². The lowest BCUT2D eigenvalue weighted by Crippen LogP contribution is -2.24. The van der Waals surface area contributed by atoms with Crippen molar-refractivity contribution in [2.45, 2.75) is 13.1 Å². The number of nitrogens with zero attached hydrogens (tertiary/aromatic N) is 1. The Morgan fingerprint density at radius 3 is 2.71 bits per heavy atom. The van der Waals surface area contributed by atoms with Gasteiger partial charge in [-0.25, -0.2) is 9.18 Å². The van der Waals surface area contributed by atoms with Crippen LogP contribution in [0.15, 0.2) is 42.5 Å². The van der Waals surface area contributed by atoms with Gasteiger partial charge < -0.3 is 10.0 Å². The Morgan fingerprint density at radius 1 is 1.24 bits per heavy atom. The van der Waals surface area contributed by atoms with Crippen molar-refractivity contribution in [2.75, 3.05) is 0 Å². The molecule has 0 radical (unpaired) electrons. The van der Waals surface area contributed by atoms with Crippen LogP contribution in [0.25, 0.3) is 0 Å². The maximum atomic E-state index is 13.8. The molecule has 0 spiro atoms. The van der Waals surface area contributed by atoms with Crippen LogP contribution in [0.1, 0.15) is 31.8 Å². The van der Waals surface area contributed by atoms with Gasteiger partial charge in [0.15, 0.2) is 0 Å². The van der Waals surface area contributed by atoms with Gasteiger partial charge in [-0.15, -0.1) is 0 Å². The summed E-state index contributed by atoms with van der Waals surface area (Å²) in [5.74, 6) is -1.79. The first-order chi connectivity index (χ1) is 10.1. The molecule has 1 heterocycles. The summed E-state index contributed by atoms with van der Waals surface area (Å²) >= 11 is 0. The summed E-state index contributed by atoms with van der Waals surface area (Å²) in [5, 5.41) is 8.95. The summed E-state index contributed by atoms with van der Waals surface area (Å²) in [5.41, 5.74) is 1.73. The fraction of sp³-hybridized carbons (Fsp3) is 0.125. The van der Waals surface area contributed by atoms with E-state index in [2.05, 4.69) is 0 Å². The Labute approximate surface area is 120 Å². The van der Waals surface area contributed by atoms with Crippen LogP contribution in [-0.2, 0) is 13.1 Å². The highest BCUT2D eigenvalue weighted by Gasteiger charge is 2.27. The summed E-state index contributed by atoms with van der Waals surface area (Å²) in [6.45, 7) is 0.464. The fourth-order valence-electron chi connectivity index (χ4n) is 2.48. The van der Waals surface area contributed by atoms with Crippen molar-refractivity contribution < 1.29 is 19.1 Å². The van der Waals surface area contributed by atoms with Crippen LogP contribution in [0.5, 0.6) is 0 Å². The zero-order valence-electron chi connectivity index (χ0n) is 11.0. The molecule has 2 aromatic carbocycles. The molecule has 0 aliphatic carbocycles. The number of halogens is 1. The molecule has 2 aromatic rings. The molecule has 4 nitrogen and oxygen atoms in total. The Kier molecular flexibility index (Phi) is 3.17. The lowest BCUT2D eigenvalue weighted by Gasteiger charge is -2.16. The summed E-state index contributed by atoms with van der Waals surface area (Å²) in [4.78, 5) is 24.7. The van der Waals surface area contributed by atoms with Gasteiger partial charge in [-0.05, 0) is 29.8 Å². The van der Waals surface area contributed by atoms with E-state index < -0.39 is 11.8 Å². The Balaban J connectivity index is 1.87. The second kappa shape index (κ2) is 5.01. The zero-order chi connectivity index (χ0) is 15.0. The Bertz CT molecular complexity index is 742. The van der Waals surface area contributed by atoms with E-state index in [1.54, 1.807) is 12.1 Å². The number of amides is 1. The van der Waals surface area contributed by atoms with Crippen molar-refractivity contribution in [2.24, 2.45) is 0 Å². The van der Waals surface area contributed by atoms with Crippen LogP contribution in [0.2, 0.25) is 0 Å². The highest BCUT2D eigenvalue weighted by molar-refractivity contribution is 5.98. The van der Waals surface area contributed by atoms with Crippen LogP contribution in [0.4, 0.5) is 4.39 Å². The molecule has 0 saturated heterocycles. The molecular formula is C16H12FNO3. The molecule has 0 aromatic heterocycles. The third-order valence-electron chi connectivity index (χ3n) is 3.55. The molecule has 1 N–H and O–H groups in total. The first-order valence-electron chi connectivity index (χ1n) is 6.45. The van der Waals surface area contributed by atoms with Crippen molar-refractivity contribution in [3.63, 3.8) is 0 Å². The molecule has 0 atom stereocenters. The maximum absolute atomic E-state index is 13.8. The predicted molar refractivity (Wildman–Crippen MR) is 73.4 cm³/mol. The number of carbonyl (C=O) groups is 2. The highest BCUT2D eigenvalue weighted by atomic mass is 19.1. The molecule has 1 amide bonds. The molecular weight excluding hydrogens is 273 g/mol. The summed E-state index contributed by atoms with van der Waals surface area (Å²) in [7, 11) is 0. The average molecular weight is 285 g/mol. The molecule has 0 unspecified atom stereocenters. The van der Waals surface area contributed by atoms with Crippen LogP contribution in [0, 0.1) is 5.82 Å². The number of hydrogen-bond donors (Lipinski definition) is 1. The van der Waals surface area contributed by atoms with E-state index in [4.69, 9.17) is 5.11 Å². The Hall–Kier alpha value is -2.69. The highest BCUT2D eigenvalue weighted by Crippen LogP contribution is 2.25. The van der Waals surface area contributed by atoms with Gasteiger partial charge in [-0.2, -0.15) is 0 Å². The van der Waals surface area contributed by atoms with Crippen LogP contribution in [0.3, 0.4) is 0 Å². The number of carboxylic acids is 1. The molecule has 5 heteroatoms. The van der Waals surface area contributed by atoms with E-state index in [-0.39, 0.29) is 23.6 Å². The van der Waals surface area contributed by atoms with Crippen molar-refractivity contribution in [3.05, 3.63) is 70.5 Å². The standard InChI is InChI=1S/C16H12FNO3/c17-14-6-5-10(16(20)21)7-12(14)9-18-8-11-3-1-2-4-13(11)15(18)19/h1-7H,8-9H2,(H,20,21). The third-order valence-corrected chi connectivity index (χ3v) is 3.55. The number of benzene rings is 2.